The van der Waals surface area contributed by atoms with Crippen LogP contribution in [0.3, 0.4) is 0 Å². The SMILES string of the molecule is C=CCC1(O)CCCC1C(=O)O. The Hall–Kier alpha value is -0.830. The molecule has 68 valence electrons. The maximum absolute atomic E-state index is 10.7. The molecule has 0 aliphatic heterocycles. The minimum atomic E-state index is -1.03. The van der Waals surface area contributed by atoms with E-state index in [1.54, 1.807) is 6.08 Å². The Balaban J connectivity index is 2.73. The molecule has 12 heavy (non-hydrogen) atoms. The zero-order valence-corrected chi connectivity index (χ0v) is 6.99. The Morgan fingerprint density at radius 1 is 1.75 bits per heavy atom. The van der Waals surface area contributed by atoms with Crippen LogP contribution in [-0.2, 0) is 4.79 Å². The average molecular weight is 170 g/mol. The van der Waals surface area contributed by atoms with Crippen LogP contribution in [0, 0.1) is 5.92 Å². The largest absolute Gasteiger partial charge is 0.481 e. The quantitative estimate of drug-likeness (QED) is 0.625. The normalized spacial score (nSPS) is 34.9. The summed E-state index contributed by atoms with van der Waals surface area (Å²) in [4.78, 5) is 10.7. The fourth-order valence-corrected chi connectivity index (χ4v) is 1.90. The Morgan fingerprint density at radius 3 is 2.92 bits per heavy atom. The van der Waals surface area contributed by atoms with Crippen molar-refractivity contribution < 1.29 is 15.0 Å². The molecule has 0 bridgehead atoms. The molecule has 2 unspecified atom stereocenters. The molecule has 0 spiro atoms. The van der Waals surface area contributed by atoms with Gasteiger partial charge in [0.2, 0.25) is 0 Å². The van der Waals surface area contributed by atoms with E-state index in [2.05, 4.69) is 6.58 Å². The van der Waals surface area contributed by atoms with E-state index in [-0.39, 0.29) is 0 Å². The first-order valence-corrected chi connectivity index (χ1v) is 4.16. The van der Waals surface area contributed by atoms with Crippen LogP contribution in [0.1, 0.15) is 25.7 Å². The van der Waals surface area contributed by atoms with Crippen LogP contribution in [0.2, 0.25) is 0 Å². The zero-order chi connectivity index (χ0) is 9.19. The van der Waals surface area contributed by atoms with Crippen molar-refractivity contribution >= 4 is 5.97 Å². The number of aliphatic carboxylic acids is 1. The molecule has 0 saturated heterocycles. The molecule has 1 rings (SSSR count). The van der Waals surface area contributed by atoms with Gasteiger partial charge < -0.3 is 10.2 Å². The molecule has 1 fully saturated rings. The molecule has 2 N–H and O–H groups in total. The third kappa shape index (κ3) is 1.50. The standard InChI is InChI=1S/C9H14O3/c1-2-5-9(12)6-3-4-7(9)8(10)11/h2,7,12H,1,3-6H2,(H,10,11). The molecule has 0 aromatic rings. The lowest BCUT2D eigenvalue weighted by Gasteiger charge is -2.25. The monoisotopic (exact) mass is 170 g/mol. The average Bonchev–Trinajstić information content (AvgIpc) is 2.32. The van der Waals surface area contributed by atoms with Crippen molar-refractivity contribution in [3.05, 3.63) is 12.7 Å². The fourth-order valence-electron chi connectivity index (χ4n) is 1.90. The van der Waals surface area contributed by atoms with Gasteiger partial charge in [-0.1, -0.05) is 6.08 Å². The number of carbonyl (C=O) groups is 1. The predicted molar refractivity (Wildman–Crippen MR) is 44.7 cm³/mol. The lowest BCUT2D eigenvalue weighted by Crippen LogP contribution is -2.37. The minimum absolute atomic E-state index is 0.379. The van der Waals surface area contributed by atoms with Gasteiger partial charge in [0.05, 0.1) is 11.5 Å². The maximum atomic E-state index is 10.7. The van der Waals surface area contributed by atoms with E-state index in [0.717, 1.165) is 6.42 Å². The summed E-state index contributed by atoms with van der Waals surface area (Å²) < 4.78 is 0. The number of aliphatic hydroxyl groups is 1. The summed E-state index contributed by atoms with van der Waals surface area (Å²) in [6.07, 6.45) is 3.92. The van der Waals surface area contributed by atoms with Gasteiger partial charge in [0.1, 0.15) is 0 Å². The van der Waals surface area contributed by atoms with Crippen molar-refractivity contribution in [3.63, 3.8) is 0 Å². The van der Waals surface area contributed by atoms with Gasteiger partial charge in [-0.3, -0.25) is 4.79 Å². The van der Waals surface area contributed by atoms with E-state index in [0.29, 0.717) is 19.3 Å². The molecule has 0 aromatic carbocycles. The van der Waals surface area contributed by atoms with Crippen LogP contribution in [0.5, 0.6) is 0 Å². The lowest BCUT2D eigenvalue weighted by molar-refractivity contribution is -0.149. The first-order chi connectivity index (χ1) is 5.60. The van der Waals surface area contributed by atoms with Crippen molar-refractivity contribution in [2.24, 2.45) is 5.92 Å². The van der Waals surface area contributed by atoms with Crippen LogP contribution in [0.25, 0.3) is 0 Å². The van der Waals surface area contributed by atoms with Crippen LogP contribution in [-0.4, -0.2) is 21.8 Å². The Kier molecular flexibility index (Phi) is 2.52. The molecule has 1 aliphatic rings. The van der Waals surface area contributed by atoms with Gasteiger partial charge in [-0.15, -0.1) is 6.58 Å². The second-order valence-corrected chi connectivity index (χ2v) is 3.38. The smallest absolute Gasteiger partial charge is 0.309 e. The molecular formula is C9H14O3. The van der Waals surface area contributed by atoms with Crippen molar-refractivity contribution in [1.29, 1.82) is 0 Å². The van der Waals surface area contributed by atoms with Gasteiger partial charge in [-0.25, -0.2) is 0 Å². The van der Waals surface area contributed by atoms with E-state index >= 15 is 0 Å². The third-order valence-electron chi connectivity index (χ3n) is 2.55. The molecule has 0 aromatic heterocycles. The summed E-state index contributed by atoms with van der Waals surface area (Å²) >= 11 is 0. The molecule has 0 amide bonds. The fraction of sp³-hybridized carbons (Fsp3) is 0.667. The van der Waals surface area contributed by atoms with Crippen LogP contribution in [0.15, 0.2) is 12.7 Å². The van der Waals surface area contributed by atoms with Gasteiger partial charge in [-0.05, 0) is 25.7 Å². The minimum Gasteiger partial charge on any atom is -0.481 e. The predicted octanol–water partition coefficient (Wildman–Crippen LogP) is 1.18. The third-order valence-corrected chi connectivity index (χ3v) is 2.55. The number of carboxylic acid groups (broad SMARTS) is 1. The van der Waals surface area contributed by atoms with Crippen molar-refractivity contribution in [2.75, 3.05) is 0 Å². The molecule has 0 heterocycles. The topological polar surface area (TPSA) is 57.5 Å². The van der Waals surface area contributed by atoms with E-state index < -0.39 is 17.5 Å². The first-order valence-electron chi connectivity index (χ1n) is 4.16. The molecule has 1 aliphatic carbocycles. The number of carboxylic acids is 1. The highest BCUT2D eigenvalue weighted by molar-refractivity contribution is 5.72. The number of rotatable bonds is 3. The summed E-state index contributed by atoms with van der Waals surface area (Å²) in [6.45, 7) is 3.51. The molecule has 0 radical (unpaired) electrons. The zero-order valence-electron chi connectivity index (χ0n) is 6.99. The second kappa shape index (κ2) is 3.27. The molecule has 1 saturated carbocycles. The molecule has 3 nitrogen and oxygen atoms in total. The Bertz CT molecular complexity index is 200. The Labute approximate surface area is 71.7 Å². The number of hydrogen-bond acceptors (Lipinski definition) is 2. The van der Waals surface area contributed by atoms with Crippen LogP contribution >= 0.6 is 0 Å². The van der Waals surface area contributed by atoms with Crippen LogP contribution in [0.4, 0.5) is 0 Å². The summed E-state index contributed by atoms with van der Waals surface area (Å²) in [7, 11) is 0. The summed E-state index contributed by atoms with van der Waals surface area (Å²) in [5.74, 6) is -1.49. The highest BCUT2D eigenvalue weighted by Gasteiger charge is 2.44. The molecular weight excluding hydrogens is 156 g/mol. The molecule has 2 atom stereocenters. The summed E-state index contributed by atoms with van der Waals surface area (Å²) in [6, 6.07) is 0. The highest BCUT2D eigenvalue weighted by atomic mass is 16.4. The van der Waals surface area contributed by atoms with Crippen molar-refractivity contribution in [1.82, 2.24) is 0 Å². The highest BCUT2D eigenvalue weighted by Crippen LogP contribution is 2.38. The van der Waals surface area contributed by atoms with Crippen molar-refractivity contribution in [3.8, 4) is 0 Å². The van der Waals surface area contributed by atoms with E-state index in [1.165, 1.54) is 0 Å². The molecule has 3 heteroatoms. The summed E-state index contributed by atoms with van der Waals surface area (Å²) in [5, 5.41) is 18.7. The van der Waals surface area contributed by atoms with E-state index in [1.807, 2.05) is 0 Å². The van der Waals surface area contributed by atoms with Gasteiger partial charge in [0.15, 0.2) is 0 Å². The van der Waals surface area contributed by atoms with E-state index in [4.69, 9.17) is 5.11 Å². The summed E-state index contributed by atoms with van der Waals surface area (Å²) in [5.41, 5.74) is -1.03. The van der Waals surface area contributed by atoms with Crippen molar-refractivity contribution in [2.45, 2.75) is 31.3 Å². The first kappa shape index (κ1) is 9.26. The van der Waals surface area contributed by atoms with E-state index in [9.17, 15) is 9.90 Å². The van der Waals surface area contributed by atoms with Gasteiger partial charge in [0, 0.05) is 0 Å². The number of hydrogen-bond donors (Lipinski definition) is 2. The van der Waals surface area contributed by atoms with Gasteiger partial charge in [-0.2, -0.15) is 0 Å². The van der Waals surface area contributed by atoms with Crippen LogP contribution < -0.4 is 0 Å². The maximum Gasteiger partial charge on any atom is 0.309 e. The second-order valence-electron chi connectivity index (χ2n) is 3.38. The lowest BCUT2D eigenvalue weighted by atomic mass is 9.88. The van der Waals surface area contributed by atoms with Gasteiger partial charge in [0.25, 0.3) is 0 Å². The Morgan fingerprint density at radius 2 is 2.42 bits per heavy atom. The van der Waals surface area contributed by atoms with Gasteiger partial charge >= 0.3 is 5.97 Å².